The van der Waals surface area contributed by atoms with Crippen LogP contribution in [-0.2, 0) is 0 Å². The fourth-order valence-electron chi connectivity index (χ4n) is 2.12. The van der Waals surface area contributed by atoms with E-state index < -0.39 is 10.8 Å². The van der Waals surface area contributed by atoms with Gasteiger partial charge < -0.3 is 4.42 Å². The van der Waals surface area contributed by atoms with E-state index in [-0.39, 0.29) is 11.4 Å². The van der Waals surface area contributed by atoms with Crippen LogP contribution < -0.4 is 5.43 Å². The van der Waals surface area contributed by atoms with Crippen LogP contribution in [0.15, 0.2) is 58.0 Å². The molecule has 25 heavy (non-hydrogen) atoms. The SMILES string of the molecule is N#Cc1ccc(/C=N\NC(=O)c2cc3cc([N+](=O)[O-])ccc3o2)cc1. The summed E-state index contributed by atoms with van der Waals surface area (Å²) in [7, 11) is 0. The summed E-state index contributed by atoms with van der Waals surface area (Å²) in [5, 5.41) is 23.8. The average molecular weight is 334 g/mol. The number of amides is 1. The quantitative estimate of drug-likeness (QED) is 0.446. The summed E-state index contributed by atoms with van der Waals surface area (Å²) in [4.78, 5) is 22.3. The van der Waals surface area contributed by atoms with Gasteiger partial charge in [0, 0.05) is 17.5 Å². The van der Waals surface area contributed by atoms with Crippen LogP contribution in [0.5, 0.6) is 0 Å². The monoisotopic (exact) mass is 334 g/mol. The zero-order valence-electron chi connectivity index (χ0n) is 12.7. The number of carbonyl (C=O) groups is 1. The highest BCUT2D eigenvalue weighted by atomic mass is 16.6. The maximum atomic E-state index is 12.0. The predicted molar refractivity (Wildman–Crippen MR) is 89.1 cm³/mol. The van der Waals surface area contributed by atoms with Crippen LogP contribution in [-0.4, -0.2) is 17.0 Å². The van der Waals surface area contributed by atoms with Gasteiger partial charge in [0.1, 0.15) is 5.58 Å². The fourth-order valence-corrected chi connectivity index (χ4v) is 2.12. The summed E-state index contributed by atoms with van der Waals surface area (Å²) in [6.07, 6.45) is 1.42. The Labute approximate surface area is 141 Å². The smallest absolute Gasteiger partial charge is 0.307 e. The number of benzene rings is 2. The highest BCUT2D eigenvalue weighted by Crippen LogP contribution is 2.24. The Balaban J connectivity index is 1.72. The number of nitrogens with one attached hydrogen (secondary N) is 1. The Kier molecular flexibility index (Phi) is 4.22. The molecule has 0 aliphatic heterocycles. The van der Waals surface area contributed by atoms with Crippen molar-refractivity contribution in [1.29, 1.82) is 5.26 Å². The Morgan fingerprint density at radius 2 is 2.00 bits per heavy atom. The maximum Gasteiger partial charge on any atom is 0.307 e. The molecule has 0 fully saturated rings. The first-order valence-corrected chi connectivity index (χ1v) is 7.08. The number of nitrogens with zero attached hydrogens (tertiary/aromatic N) is 3. The number of fused-ring (bicyclic) bond motifs is 1. The van der Waals surface area contributed by atoms with Crippen LogP contribution in [0, 0.1) is 21.4 Å². The second-order valence-electron chi connectivity index (χ2n) is 5.02. The minimum Gasteiger partial charge on any atom is -0.451 e. The maximum absolute atomic E-state index is 12.0. The molecule has 122 valence electrons. The van der Waals surface area contributed by atoms with Gasteiger partial charge in [0.2, 0.25) is 0 Å². The van der Waals surface area contributed by atoms with Gasteiger partial charge in [-0.1, -0.05) is 12.1 Å². The van der Waals surface area contributed by atoms with Crippen molar-refractivity contribution in [3.8, 4) is 6.07 Å². The van der Waals surface area contributed by atoms with E-state index in [9.17, 15) is 14.9 Å². The van der Waals surface area contributed by atoms with Gasteiger partial charge in [0.05, 0.1) is 22.8 Å². The van der Waals surface area contributed by atoms with E-state index >= 15 is 0 Å². The molecule has 0 bridgehead atoms. The van der Waals surface area contributed by atoms with Crippen molar-refractivity contribution in [2.75, 3.05) is 0 Å². The zero-order valence-corrected chi connectivity index (χ0v) is 12.7. The number of nitriles is 1. The minimum atomic E-state index is -0.580. The third-order valence-electron chi connectivity index (χ3n) is 3.35. The number of nitro groups is 1. The van der Waals surface area contributed by atoms with Gasteiger partial charge in [-0.2, -0.15) is 10.4 Å². The second kappa shape index (κ2) is 6.64. The molecule has 0 aliphatic carbocycles. The van der Waals surface area contributed by atoms with E-state index in [1.54, 1.807) is 24.3 Å². The number of non-ortho nitro benzene ring substituents is 1. The van der Waals surface area contributed by atoms with Crippen LogP contribution in [0.4, 0.5) is 5.69 Å². The van der Waals surface area contributed by atoms with Gasteiger partial charge >= 0.3 is 5.91 Å². The van der Waals surface area contributed by atoms with Gasteiger partial charge in [-0.25, -0.2) is 5.43 Å². The molecule has 0 spiro atoms. The van der Waals surface area contributed by atoms with Crippen LogP contribution in [0.25, 0.3) is 11.0 Å². The highest BCUT2D eigenvalue weighted by molar-refractivity contribution is 5.97. The molecule has 0 saturated carbocycles. The van der Waals surface area contributed by atoms with E-state index in [1.165, 1.54) is 30.5 Å². The summed E-state index contributed by atoms with van der Waals surface area (Å²) in [6.45, 7) is 0. The van der Waals surface area contributed by atoms with Crippen molar-refractivity contribution in [2.45, 2.75) is 0 Å². The molecule has 2 aromatic carbocycles. The third kappa shape index (κ3) is 3.51. The molecule has 0 atom stereocenters. The summed E-state index contributed by atoms with van der Waals surface area (Å²) in [6, 6.07) is 14.1. The van der Waals surface area contributed by atoms with Crippen molar-refractivity contribution in [1.82, 2.24) is 5.43 Å². The summed E-state index contributed by atoms with van der Waals surface area (Å²) >= 11 is 0. The number of hydrazone groups is 1. The Morgan fingerprint density at radius 1 is 1.24 bits per heavy atom. The van der Waals surface area contributed by atoms with E-state index in [0.717, 1.165) is 0 Å². The van der Waals surface area contributed by atoms with Crippen molar-refractivity contribution >= 4 is 28.8 Å². The van der Waals surface area contributed by atoms with Crippen LogP contribution in [0.3, 0.4) is 0 Å². The van der Waals surface area contributed by atoms with Crippen LogP contribution >= 0.6 is 0 Å². The molecule has 3 aromatic rings. The van der Waals surface area contributed by atoms with Crippen LogP contribution in [0.2, 0.25) is 0 Å². The number of nitro benzene ring substituents is 1. The molecule has 1 aromatic heterocycles. The lowest BCUT2D eigenvalue weighted by atomic mass is 10.2. The largest absolute Gasteiger partial charge is 0.451 e. The Hall–Kier alpha value is -3.99. The van der Waals surface area contributed by atoms with Crippen molar-refractivity contribution in [3.63, 3.8) is 0 Å². The molecule has 0 aliphatic rings. The van der Waals surface area contributed by atoms with E-state index in [4.69, 9.17) is 9.68 Å². The standard InChI is InChI=1S/C17H10N4O4/c18-9-11-1-3-12(4-2-11)10-19-20-17(22)16-8-13-7-14(21(23)24)5-6-15(13)25-16/h1-8,10H,(H,20,22)/b19-10-. The molecule has 8 nitrogen and oxygen atoms in total. The van der Waals surface area contributed by atoms with Crippen LogP contribution in [0.1, 0.15) is 21.7 Å². The molecular weight excluding hydrogens is 324 g/mol. The molecule has 3 rings (SSSR count). The van der Waals surface area contributed by atoms with Gasteiger partial charge in [-0.3, -0.25) is 14.9 Å². The molecule has 1 heterocycles. The van der Waals surface area contributed by atoms with E-state index in [1.807, 2.05) is 6.07 Å². The molecule has 0 unspecified atom stereocenters. The van der Waals surface area contributed by atoms with Crippen molar-refractivity contribution in [2.24, 2.45) is 5.10 Å². The highest BCUT2D eigenvalue weighted by Gasteiger charge is 2.14. The van der Waals surface area contributed by atoms with E-state index in [0.29, 0.717) is 22.1 Å². The fraction of sp³-hybridized carbons (Fsp3) is 0. The first-order valence-electron chi connectivity index (χ1n) is 7.08. The normalized spacial score (nSPS) is 10.7. The molecular formula is C17H10N4O4. The molecule has 1 amide bonds. The van der Waals surface area contributed by atoms with Gasteiger partial charge in [-0.15, -0.1) is 0 Å². The van der Waals surface area contributed by atoms with Gasteiger partial charge in [0.15, 0.2) is 5.76 Å². The van der Waals surface area contributed by atoms with Crippen molar-refractivity contribution < 1.29 is 14.1 Å². The number of hydrogen-bond donors (Lipinski definition) is 1. The topological polar surface area (TPSA) is 122 Å². The molecule has 0 radical (unpaired) electrons. The summed E-state index contributed by atoms with van der Waals surface area (Å²) in [5.74, 6) is -0.587. The van der Waals surface area contributed by atoms with Gasteiger partial charge in [0.25, 0.3) is 5.69 Å². The predicted octanol–water partition coefficient (Wildman–Crippen LogP) is 2.98. The molecule has 0 saturated heterocycles. The first-order chi connectivity index (χ1) is 12.1. The lowest BCUT2D eigenvalue weighted by Gasteiger charge is -1.95. The third-order valence-corrected chi connectivity index (χ3v) is 3.35. The number of furan rings is 1. The Morgan fingerprint density at radius 3 is 2.68 bits per heavy atom. The lowest BCUT2D eigenvalue weighted by Crippen LogP contribution is -2.16. The second-order valence-corrected chi connectivity index (χ2v) is 5.02. The number of hydrogen-bond acceptors (Lipinski definition) is 6. The lowest BCUT2D eigenvalue weighted by molar-refractivity contribution is -0.384. The van der Waals surface area contributed by atoms with Crippen molar-refractivity contribution in [3.05, 3.63) is 75.5 Å². The van der Waals surface area contributed by atoms with Gasteiger partial charge in [-0.05, 0) is 29.8 Å². The summed E-state index contributed by atoms with van der Waals surface area (Å²) < 4.78 is 5.35. The molecule has 1 N–H and O–H groups in total. The number of carbonyl (C=O) groups excluding carboxylic acids is 1. The first kappa shape index (κ1) is 15.9. The molecule has 8 heteroatoms. The Bertz CT molecular complexity index is 1030. The minimum absolute atomic E-state index is 0.00697. The van der Waals surface area contributed by atoms with E-state index in [2.05, 4.69) is 10.5 Å². The average Bonchev–Trinajstić information content (AvgIpc) is 3.05. The summed E-state index contributed by atoms with van der Waals surface area (Å²) in [5.41, 5.74) is 3.83. The number of rotatable bonds is 4. The zero-order chi connectivity index (χ0) is 17.8.